The fourth-order valence-electron chi connectivity index (χ4n) is 3.22. The van der Waals surface area contributed by atoms with Crippen LogP contribution in [0.5, 0.6) is 5.75 Å². The Hall–Kier alpha value is -2.78. The van der Waals surface area contributed by atoms with Gasteiger partial charge in [0.25, 0.3) is 0 Å². The molecule has 2 atom stereocenters. The van der Waals surface area contributed by atoms with Crippen LogP contribution in [-0.4, -0.2) is 57.1 Å². The topological polar surface area (TPSA) is 96.0 Å². The number of hydrogen-bond donors (Lipinski definition) is 1. The molecule has 0 saturated carbocycles. The Labute approximate surface area is 206 Å². The number of ether oxygens (including phenoxy) is 1. The number of halogens is 1. The molecule has 10 heteroatoms. The molecule has 2 aromatic rings. The Morgan fingerprint density at radius 3 is 2.24 bits per heavy atom. The number of sulfonamides is 1. The van der Waals surface area contributed by atoms with Crippen LogP contribution in [0.3, 0.4) is 0 Å². The van der Waals surface area contributed by atoms with E-state index in [0.29, 0.717) is 22.0 Å². The van der Waals surface area contributed by atoms with E-state index in [1.165, 1.54) is 12.0 Å². The monoisotopic (exact) mass is 509 g/mol. The molecule has 2 amide bonds. The number of rotatable bonds is 11. The van der Waals surface area contributed by atoms with Crippen molar-refractivity contribution in [3.05, 3.63) is 59.1 Å². The average Bonchev–Trinajstić information content (AvgIpc) is 2.80. The van der Waals surface area contributed by atoms with Crippen molar-refractivity contribution in [2.75, 3.05) is 24.2 Å². The summed E-state index contributed by atoms with van der Waals surface area (Å²) in [7, 11) is -2.29. The van der Waals surface area contributed by atoms with Crippen LogP contribution in [-0.2, 0) is 26.2 Å². The number of hydrogen-bond acceptors (Lipinski definition) is 5. The summed E-state index contributed by atoms with van der Waals surface area (Å²) in [5, 5.41) is 3.33. The minimum atomic E-state index is -3.80. The van der Waals surface area contributed by atoms with E-state index >= 15 is 0 Å². The number of anilines is 1. The zero-order valence-corrected chi connectivity index (χ0v) is 21.7. The van der Waals surface area contributed by atoms with E-state index in [0.717, 1.165) is 17.0 Å². The van der Waals surface area contributed by atoms with E-state index in [2.05, 4.69) is 5.32 Å². The molecule has 0 saturated heterocycles. The van der Waals surface area contributed by atoms with Crippen LogP contribution >= 0.6 is 11.6 Å². The van der Waals surface area contributed by atoms with Gasteiger partial charge in [0.05, 0.1) is 19.1 Å². The highest BCUT2D eigenvalue weighted by Crippen LogP contribution is 2.23. The van der Waals surface area contributed by atoms with Gasteiger partial charge < -0.3 is 15.0 Å². The molecule has 0 bridgehead atoms. The van der Waals surface area contributed by atoms with Crippen LogP contribution in [0.25, 0.3) is 0 Å². The highest BCUT2D eigenvalue weighted by molar-refractivity contribution is 7.92. The molecule has 0 aliphatic carbocycles. The summed E-state index contributed by atoms with van der Waals surface area (Å²) in [6.07, 6.45) is 1.76. The number of carbonyl (C=O) groups is 2. The van der Waals surface area contributed by atoms with Gasteiger partial charge in [0.1, 0.15) is 18.3 Å². The fraction of sp³-hybridized carbons (Fsp3) is 0.417. The molecular weight excluding hydrogens is 478 g/mol. The fourth-order valence-corrected chi connectivity index (χ4v) is 4.27. The van der Waals surface area contributed by atoms with Crippen molar-refractivity contribution in [2.24, 2.45) is 0 Å². The van der Waals surface area contributed by atoms with Gasteiger partial charge in [0.2, 0.25) is 21.8 Å². The lowest BCUT2D eigenvalue weighted by molar-refractivity contribution is -0.139. The van der Waals surface area contributed by atoms with Crippen LogP contribution in [0.1, 0.15) is 32.8 Å². The first-order chi connectivity index (χ1) is 16.0. The second-order valence-electron chi connectivity index (χ2n) is 8.07. The normalized spacial score (nSPS) is 13.0. The van der Waals surface area contributed by atoms with Crippen molar-refractivity contribution in [1.29, 1.82) is 0 Å². The molecule has 0 aliphatic rings. The molecule has 8 nitrogen and oxygen atoms in total. The molecule has 0 aromatic heterocycles. The molecule has 2 aromatic carbocycles. The standard InChI is InChI=1S/C24H32ClN3O5S/c1-6-17(2)26-24(30)18(3)27(15-19-9-7-8-10-22(19)25)23(29)16-28(34(5,31)32)20-11-13-21(33-4)14-12-20/h7-14,17-18H,6,15-16H2,1-5H3,(H,26,30)/t17-,18+/m1/s1. The summed E-state index contributed by atoms with van der Waals surface area (Å²) in [6, 6.07) is 12.4. The number of nitrogens with one attached hydrogen (secondary N) is 1. The third-order valence-electron chi connectivity index (χ3n) is 5.51. The number of amides is 2. The van der Waals surface area contributed by atoms with E-state index in [9.17, 15) is 18.0 Å². The first kappa shape index (κ1) is 27.5. The molecule has 1 N–H and O–H groups in total. The van der Waals surface area contributed by atoms with Crippen molar-refractivity contribution >= 4 is 39.1 Å². The largest absolute Gasteiger partial charge is 0.497 e. The Kier molecular flexibility index (Phi) is 9.76. The van der Waals surface area contributed by atoms with E-state index < -0.39 is 28.5 Å². The zero-order valence-electron chi connectivity index (χ0n) is 20.1. The van der Waals surface area contributed by atoms with Crippen LogP contribution in [0.15, 0.2) is 48.5 Å². The van der Waals surface area contributed by atoms with Gasteiger partial charge in [0.15, 0.2) is 0 Å². The van der Waals surface area contributed by atoms with Gasteiger partial charge in [0, 0.05) is 17.6 Å². The molecule has 0 heterocycles. The first-order valence-corrected chi connectivity index (χ1v) is 13.2. The van der Waals surface area contributed by atoms with Crippen LogP contribution < -0.4 is 14.4 Å². The SMILES string of the molecule is CC[C@@H](C)NC(=O)[C@H](C)N(Cc1ccccc1Cl)C(=O)CN(c1ccc(OC)cc1)S(C)(=O)=O. The summed E-state index contributed by atoms with van der Waals surface area (Å²) < 4.78 is 31.3. The molecule has 0 radical (unpaired) electrons. The average molecular weight is 510 g/mol. The quantitative estimate of drug-likeness (QED) is 0.500. The maximum atomic E-state index is 13.5. The van der Waals surface area contributed by atoms with Crippen LogP contribution in [0, 0.1) is 0 Å². The van der Waals surface area contributed by atoms with Gasteiger partial charge in [-0.25, -0.2) is 8.42 Å². The van der Waals surface area contributed by atoms with Gasteiger partial charge in [-0.05, 0) is 56.2 Å². The summed E-state index contributed by atoms with van der Waals surface area (Å²) >= 11 is 6.31. The highest BCUT2D eigenvalue weighted by Gasteiger charge is 2.30. The van der Waals surface area contributed by atoms with E-state index in [-0.39, 0.29) is 18.5 Å². The summed E-state index contributed by atoms with van der Waals surface area (Å²) in [5.74, 6) is -0.308. The van der Waals surface area contributed by atoms with Crippen molar-refractivity contribution in [3.63, 3.8) is 0 Å². The Morgan fingerprint density at radius 2 is 1.71 bits per heavy atom. The predicted molar refractivity (Wildman–Crippen MR) is 135 cm³/mol. The number of carbonyl (C=O) groups excluding carboxylic acids is 2. The van der Waals surface area contributed by atoms with Crippen molar-refractivity contribution in [2.45, 2.75) is 45.8 Å². The molecular formula is C24H32ClN3O5S. The highest BCUT2D eigenvalue weighted by atomic mass is 35.5. The number of nitrogens with zero attached hydrogens (tertiary/aromatic N) is 2. The number of benzene rings is 2. The molecule has 0 aliphatic heterocycles. The third-order valence-corrected chi connectivity index (χ3v) is 7.02. The van der Waals surface area contributed by atoms with Crippen molar-refractivity contribution in [3.8, 4) is 5.75 Å². The lowest BCUT2D eigenvalue weighted by Crippen LogP contribution is -2.52. The zero-order chi connectivity index (χ0) is 25.5. The van der Waals surface area contributed by atoms with Gasteiger partial charge in [-0.3, -0.25) is 13.9 Å². The first-order valence-electron chi connectivity index (χ1n) is 10.9. The lowest BCUT2D eigenvalue weighted by Gasteiger charge is -2.32. The second-order valence-corrected chi connectivity index (χ2v) is 10.4. The molecule has 0 spiro atoms. The second kappa shape index (κ2) is 12.1. The van der Waals surface area contributed by atoms with E-state index in [1.54, 1.807) is 55.5 Å². The molecule has 2 rings (SSSR count). The Morgan fingerprint density at radius 1 is 1.09 bits per heavy atom. The van der Waals surface area contributed by atoms with E-state index in [4.69, 9.17) is 16.3 Å². The maximum Gasteiger partial charge on any atom is 0.244 e. The predicted octanol–water partition coefficient (Wildman–Crippen LogP) is 3.45. The molecule has 0 fully saturated rings. The Balaban J connectivity index is 2.39. The number of methoxy groups -OCH3 is 1. The minimum absolute atomic E-state index is 0.0494. The van der Waals surface area contributed by atoms with E-state index in [1.807, 2.05) is 13.8 Å². The summed E-state index contributed by atoms with van der Waals surface area (Å²) in [4.78, 5) is 27.7. The molecule has 186 valence electrons. The minimum Gasteiger partial charge on any atom is -0.497 e. The summed E-state index contributed by atoms with van der Waals surface area (Å²) in [6.45, 7) is 5.01. The lowest BCUT2D eigenvalue weighted by atomic mass is 10.1. The molecule has 34 heavy (non-hydrogen) atoms. The van der Waals surface area contributed by atoms with Crippen molar-refractivity contribution in [1.82, 2.24) is 10.2 Å². The van der Waals surface area contributed by atoms with Crippen LogP contribution in [0.2, 0.25) is 5.02 Å². The Bertz CT molecular complexity index is 1090. The maximum absolute atomic E-state index is 13.5. The smallest absolute Gasteiger partial charge is 0.244 e. The van der Waals surface area contributed by atoms with Crippen LogP contribution in [0.4, 0.5) is 5.69 Å². The van der Waals surface area contributed by atoms with Crippen molar-refractivity contribution < 1.29 is 22.7 Å². The molecule has 0 unspecified atom stereocenters. The van der Waals surface area contributed by atoms with Gasteiger partial charge in [-0.15, -0.1) is 0 Å². The van der Waals surface area contributed by atoms with Gasteiger partial charge >= 0.3 is 0 Å². The van der Waals surface area contributed by atoms with Gasteiger partial charge in [-0.1, -0.05) is 36.7 Å². The summed E-state index contributed by atoms with van der Waals surface area (Å²) in [5.41, 5.74) is 0.960. The van der Waals surface area contributed by atoms with Gasteiger partial charge in [-0.2, -0.15) is 0 Å². The third kappa shape index (κ3) is 7.36.